The molecule has 1 aromatic carbocycles. The monoisotopic (exact) mass is 308 g/mol. The second kappa shape index (κ2) is 12.1. The molecule has 0 saturated heterocycles. The molecule has 0 unspecified atom stereocenters. The number of methoxy groups -OCH3 is 1. The van der Waals surface area contributed by atoms with Gasteiger partial charge in [0.1, 0.15) is 12.4 Å². The van der Waals surface area contributed by atoms with Crippen molar-refractivity contribution in [2.75, 3.05) is 40.1 Å². The lowest BCUT2D eigenvalue weighted by atomic mass is 10.1. The summed E-state index contributed by atoms with van der Waals surface area (Å²) in [6.45, 7) is 7.38. The Bertz CT molecular complexity index is 412. The summed E-state index contributed by atoms with van der Waals surface area (Å²) in [5.41, 5.74) is 2.19. The summed E-state index contributed by atoms with van der Waals surface area (Å²) in [4.78, 5) is 0. The van der Waals surface area contributed by atoms with Crippen molar-refractivity contribution in [2.45, 2.75) is 26.7 Å². The molecule has 0 bridgehead atoms. The van der Waals surface area contributed by atoms with Crippen LogP contribution < -0.4 is 4.74 Å². The Morgan fingerprint density at radius 2 is 1.59 bits per heavy atom. The summed E-state index contributed by atoms with van der Waals surface area (Å²) in [6.07, 6.45) is 4.04. The summed E-state index contributed by atoms with van der Waals surface area (Å²) in [6, 6.07) is 7.90. The average molecular weight is 308 g/mol. The van der Waals surface area contributed by atoms with E-state index in [1.807, 2.05) is 31.2 Å². The smallest absolute Gasteiger partial charge is 0.118 e. The van der Waals surface area contributed by atoms with Crippen molar-refractivity contribution >= 4 is 5.57 Å². The third-order valence-corrected chi connectivity index (χ3v) is 3.17. The molecule has 0 saturated carbocycles. The number of unbranched alkanes of at least 4 members (excludes halogenated alkanes) is 1. The molecule has 0 aliphatic carbocycles. The molecule has 1 rings (SSSR count). The zero-order chi connectivity index (χ0) is 16.0. The highest BCUT2D eigenvalue weighted by Gasteiger charge is 1.97. The summed E-state index contributed by atoms with van der Waals surface area (Å²) in [5.74, 6) is 0.854. The van der Waals surface area contributed by atoms with Gasteiger partial charge in [0, 0.05) is 6.61 Å². The van der Waals surface area contributed by atoms with E-state index in [1.165, 1.54) is 0 Å². The first kappa shape index (κ1) is 18.5. The van der Waals surface area contributed by atoms with Crippen molar-refractivity contribution in [3.05, 3.63) is 36.1 Å². The van der Waals surface area contributed by atoms with E-state index in [4.69, 9.17) is 18.9 Å². The van der Waals surface area contributed by atoms with Crippen LogP contribution in [0.15, 0.2) is 30.5 Å². The minimum Gasteiger partial charge on any atom is -0.498 e. The lowest BCUT2D eigenvalue weighted by Gasteiger charge is -2.07. The third-order valence-electron chi connectivity index (χ3n) is 3.17. The molecule has 0 amide bonds. The molecule has 0 N–H and O–H groups in total. The molecule has 0 aliphatic rings. The van der Waals surface area contributed by atoms with Gasteiger partial charge in [0.25, 0.3) is 0 Å². The molecular weight excluding hydrogens is 280 g/mol. The first-order chi connectivity index (χ1) is 10.8. The summed E-state index contributed by atoms with van der Waals surface area (Å²) < 4.78 is 21.5. The Kier molecular flexibility index (Phi) is 10.2. The molecule has 124 valence electrons. The number of rotatable bonds is 12. The van der Waals surface area contributed by atoms with Crippen LogP contribution in [0.3, 0.4) is 0 Å². The fraction of sp³-hybridized carbons (Fsp3) is 0.556. The van der Waals surface area contributed by atoms with Crippen LogP contribution in [-0.2, 0) is 14.2 Å². The van der Waals surface area contributed by atoms with Crippen molar-refractivity contribution < 1.29 is 18.9 Å². The highest BCUT2D eigenvalue weighted by Crippen LogP contribution is 2.17. The van der Waals surface area contributed by atoms with E-state index in [0.29, 0.717) is 26.4 Å². The molecule has 0 atom stereocenters. The first-order valence-electron chi connectivity index (χ1n) is 7.86. The SMILES string of the molecule is CCCCOCCOCCO/C=C(\C)c1ccc(OC)cc1. The van der Waals surface area contributed by atoms with Crippen LogP contribution in [0.25, 0.3) is 5.57 Å². The van der Waals surface area contributed by atoms with Gasteiger partial charge in [-0.2, -0.15) is 0 Å². The topological polar surface area (TPSA) is 36.9 Å². The van der Waals surface area contributed by atoms with Crippen LogP contribution in [0.1, 0.15) is 32.3 Å². The van der Waals surface area contributed by atoms with E-state index >= 15 is 0 Å². The quantitative estimate of drug-likeness (QED) is 0.433. The van der Waals surface area contributed by atoms with Crippen molar-refractivity contribution in [2.24, 2.45) is 0 Å². The molecule has 4 heteroatoms. The Labute approximate surface area is 134 Å². The van der Waals surface area contributed by atoms with E-state index in [2.05, 4.69) is 6.92 Å². The molecule has 0 spiro atoms. The second-order valence-corrected chi connectivity index (χ2v) is 4.98. The van der Waals surface area contributed by atoms with Gasteiger partial charge in [-0.3, -0.25) is 0 Å². The van der Waals surface area contributed by atoms with E-state index in [0.717, 1.165) is 36.3 Å². The largest absolute Gasteiger partial charge is 0.498 e. The molecule has 0 aliphatic heterocycles. The summed E-state index contributed by atoms with van der Waals surface area (Å²) in [5, 5.41) is 0. The van der Waals surface area contributed by atoms with Crippen LogP contribution in [0.5, 0.6) is 5.75 Å². The van der Waals surface area contributed by atoms with E-state index in [9.17, 15) is 0 Å². The predicted molar refractivity (Wildman–Crippen MR) is 89.1 cm³/mol. The summed E-state index contributed by atoms with van der Waals surface area (Å²) in [7, 11) is 1.66. The highest BCUT2D eigenvalue weighted by molar-refractivity contribution is 5.63. The lowest BCUT2D eigenvalue weighted by molar-refractivity contribution is 0.0300. The Morgan fingerprint density at radius 3 is 2.23 bits per heavy atom. The highest BCUT2D eigenvalue weighted by atomic mass is 16.5. The minimum absolute atomic E-state index is 0.544. The van der Waals surface area contributed by atoms with Crippen molar-refractivity contribution in [1.82, 2.24) is 0 Å². The van der Waals surface area contributed by atoms with Gasteiger partial charge in [-0.05, 0) is 36.6 Å². The summed E-state index contributed by atoms with van der Waals surface area (Å²) >= 11 is 0. The number of hydrogen-bond acceptors (Lipinski definition) is 4. The minimum atomic E-state index is 0.544. The third kappa shape index (κ3) is 8.05. The molecule has 0 aromatic heterocycles. The molecule has 0 radical (unpaired) electrons. The number of allylic oxidation sites excluding steroid dienone is 1. The molecule has 22 heavy (non-hydrogen) atoms. The Morgan fingerprint density at radius 1 is 0.955 bits per heavy atom. The first-order valence-corrected chi connectivity index (χ1v) is 7.86. The normalized spacial score (nSPS) is 11.5. The van der Waals surface area contributed by atoms with Gasteiger partial charge in [-0.15, -0.1) is 0 Å². The van der Waals surface area contributed by atoms with Gasteiger partial charge in [0.15, 0.2) is 0 Å². The van der Waals surface area contributed by atoms with Crippen LogP contribution in [0.4, 0.5) is 0 Å². The molecule has 1 aromatic rings. The molecular formula is C18H28O4. The Balaban J connectivity index is 2.09. The predicted octanol–water partition coefficient (Wildman–Crippen LogP) is 3.91. The molecule has 0 heterocycles. The number of ether oxygens (including phenoxy) is 4. The fourth-order valence-electron chi connectivity index (χ4n) is 1.78. The molecule has 0 fully saturated rings. The lowest BCUT2D eigenvalue weighted by Crippen LogP contribution is -2.08. The zero-order valence-corrected chi connectivity index (χ0v) is 14.0. The average Bonchev–Trinajstić information content (AvgIpc) is 2.56. The number of hydrogen-bond donors (Lipinski definition) is 0. The Hall–Kier alpha value is -1.52. The maximum atomic E-state index is 5.49. The van der Waals surface area contributed by atoms with Gasteiger partial charge in [-0.1, -0.05) is 25.5 Å². The van der Waals surface area contributed by atoms with Gasteiger partial charge in [0.2, 0.25) is 0 Å². The fourth-order valence-corrected chi connectivity index (χ4v) is 1.78. The van der Waals surface area contributed by atoms with Crippen LogP contribution in [-0.4, -0.2) is 40.1 Å². The number of benzene rings is 1. The van der Waals surface area contributed by atoms with Crippen molar-refractivity contribution in [3.63, 3.8) is 0 Å². The van der Waals surface area contributed by atoms with Gasteiger partial charge in [-0.25, -0.2) is 0 Å². The van der Waals surface area contributed by atoms with Crippen LogP contribution >= 0.6 is 0 Å². The maximum absolute atomic E-state index is 5.49. The van der Waals surface area contributed by atoms with Gasteiger partial charge in [0.05, 0.1) is 33.2 Å². The van der Waals surface area contributed by atoms with E-state index in [1.54, 1.807) is 13.4 Å². The molecule has 4 nitrogen and oxygen atoms in total. The van der Waals surface area contributed by atoms with Gasteiger partial charge < -0.3 is 18.9 Å². The maximum Gasteiger partial charge on any atom is 0.118 e. The van der Waals surface area contributed by atoms with Crippen molar-refractivity contribution in [3.8, 4) is 5.75 Å². The van der Waals surface area contributed by atoms with E-state index < -0.39 is 0 Å². The van der Waals surface area contributed by atoms with Gasteiger partial charge >= 0.3 is 0 Å². The second-order valence-electron chi connectivity index (χ2n) is 4.98. The van der Waals surface area contributed by atoms with Crippen LogP contribution in [0, 0.1) is 0 Å². The van der Waals surface area contributed by atoms with E-state index in [-0.39, 0.29) is 0 Å². The zero-order valence-electron chi connectivity index (χ0n) is 14.0. The standard InChI is InChI=1S/C18H28O4/c1-4-5-10-20-11-12-21-13-14-22-15-16(2)17-6-8-18(19-3)9-7-17/h6-9,15H,4-5,10-14H2,1-3H3/b16-15+. The van der Waals surface area contributed by atoms with Crippen LogP contribution in [0.2, 0.25) is 0 Å². The van der Waals surface area contributed by atoms with Crippen molar-refractivity contribution in [1.29, 1.82) is 0 Å².